The van der Waals surface area contributed by atoms with E-state index >= 15 is 0 Å². The zero-order chi connectivity index (χ0) is 19.1. The SMILES string of the molecule is CN1CCC(NC(=O)c2cnc3c(c2)C(c2ccc4nccn4c2)=CC3)CC1. The van der Waals surface area contributed by atoms with Crippen molar-refractivity contribution >= 4 is 17.1 Å². The molecule has 1 aliphatic carbocycles. The third kappa shape index (κ3) is 3.10. The van der Waals surface area contributed by atoms with Crippen LogP contribution in [-0.4, -0.2) is 51.4 Å². The predicted octanol–water partition coefficient (Wildman–Crippen LogP) is 2.54. The van der Waals surface area contributed by atoms with Crippen molar-refractivity contribution in [1.82, 2.24) is 24.6 Å². The van der Waals surface area contributed by atoms with Crippen molar-refractivity contribution in [3.8, 4) is 0 Å². The summed E-state index contributed by atoms with van der Waals surface area (Å²) in [5.74, 6) is -0.0267. The number of likely N-dealkylation sites (tertiary alicyclic amines) is 1. The average molecular weight is 373 g/mol. The zero-order valence-electron chi connectivity index (χ0n) is 15.9. The average Bonchev–Trinajstić information content (AvgIpc) is 3.35. The van der Waals surface area contributed by atoms with E-state index in [1.54, 1.807) is 12.4 Å². The smallest absolute Gasteiger partial charge is 0.253 e. The van der Waals surface area contributed by atoms with E-state index in [0.29, 0.717) is 5.56 Å². The number of amides is 1. The van der Waals surface area contributed by atoms with Crippen molar-refractivity contribution in [1.29, 1.82) is 0 Å². The van der Waals surface area contributed by atoms with Crippen molar-refractivity contribution in [2.24, 2.45) is 0 Å². The minimum absolute atomic E-state index is 0.0267. The molecule has 4 heterocycles. The normalized spacial score (nSPS) is 17.5. The number of nitrogens with zero attached hydrogens (tertiary/aromatic N) is 4. The Bertz CT molecular complexity index is 1080. The molecule has 6 nitrogen and oxygen atoms in total. The lowest BCUT2D eigenvalue weighted by molar-refractivity contribution is 0.0916. The van der Waals surface area contributed by atoms with Crippen LogP contribution in [0.15, 0.2) is 49.1 Å². The molecule has 6 heteroatoms. The van der Waals surface area contributed by atoms with Gasteiger partial charge in [0, 0.05) is 42.8 Å². The van der Waals surface area contributed by atoms with Crippen LogP contribution in [0.25, 0.3) is 11.2 Å². The van der Waals surface area contributed by atoms with E-state index in [1.165, 1.54) is 0 Å². The van der Waals surface area contributed by atoms with Crippen molar-refractivity contribution in [2.45, 2.75) is 25.3 Å². The second-order valence-corrected chi connectivity index (χ2v) is 7.70. The number of carbonyl (C=O) groups is 1. The summed E-state index contributed by atoms with van der Waals surface area (Å²) < 4.78 is 2.01. The van der Waals surface area contributed by atoms with Crippen LogP contribution in [0.2, 0.25) is 0 Å². The molecule has 2 aliphatic rings. The first-order chi connectivity index (χ1) is 13.7. The topological polar surface area (TPSA) is 62.5 Å². The highest BCUT2D eigenvalue weighted by Crippen LogP contribution is 2.32. The second-order valence-electron chi connectivity index (χ2n) is 7.70. The zero-order valence-corrected chi connectivity index (χ0v) is 15.9. The van der Waals surface area contributed by atoms with Gasteiger partial charge in [0.05, 0.1) is 11.3 Å². The lowest BCUT2D eigenvalue weighted by atomic mass is 10.0. The number of carbonyl (C=O) groups excluding carboxylic acids is 1. The number of pyridine rings is 2. The fourth-order valence-corrected chi connectivity index (χ4v) is 4.10. The maximum Gasteiger partial charge on any atom is 0.253 e. The fourth-order valence-electron chi connectivity index (χ4n) is 4.10. The molecule has 1 amide bonds. The third-order valence-electron chi connectivity index (χ3n) is 5.78. The summed E-state index contributed by atoms with van der Waals surface area (Å²) in [6, 6.07) is 6.33. The molecule has 1 saturated heterocycles. The van der Waals surface area contributed by atoms with Crippen molar-refractivity contribution in [3.63, 3.8) is 0 Å². The van der Waals surface area contributed by atoms with Gasteiger partial charge in [-0.2, -0.15) is 0 Å². The first kappa shape index (κ1) is 17.1. The minimum Gasteiger partial charge on any atom is -0.349 e. The summed E-state index contributed by atoms with van der Waals surface area (Å²) in [5.41, 5.74) is 5.87. The standard InChI is InChI=1S/C22H23N5O/c1-26-9-6-17(7-10-26)25-22(28)16-12-19-18(3-4-20(19)24-13-16)15-2-5-21-23-8-11-27(21)14-15/h2-3,5,8,11-14,17H,4,6-7,9-10H2,1H3,(H,25,28). The van der Waals surface area contributed by atoms with Crippen LogP contribution in [0, 0.1) is 0 Å². The molecule has 142 valence electrons. The Labute approximate surface area is 163 Å². The van der Waals surface area contributed by atoms with E-state index < -0.39 is 0 Å². The maximum absolute atomic E-state index is 12.8. The highest BCUT2D eigenvalue weighted by molar-refractivity contribution is 5.96. The summed E-state index contributed by atoms with van der Waals surface area (Å²) in [5, 5.41) is 3.18. The van der Waals surface area contributed by atoms with Gasteiger partial charge in [-0.1, -0.05) is 6.08 Å². The Balaban J connectivity index is 1.39. The predicted molar refractivity (Wildman–Crippen MR) is 108 cm³/mol. The summed E-state index contributed by atoms with van der Waals surface area (Å²) >= 11 is 0. The van der Waals surface area contributed by atoms with Gasteiger partial charge in [-0.3, -0.25) is 9.78 Å². The highest BCUT2D eigenvalue weighted by atomic mass is 16.1. The Morgan fingerprint density at radius 1 is 1.21 bits per heavy atom. The number of fused-ring (bicyclic) bond motifs is 2. The number of nitrogens with one attached hydrogen (secondary N) is 1. The molecule has 0 atom stereocenters. The van der Waals surface area contributed by atoms with Gasteiger partial charge in [-0.05, 0) is 62.3 Å². The summed E-state index contributed by atoms with van der Waals surface area (Å²) in [4.78, 5) is 24.0. The Morgan fingerprint density at radius 3 is 2.93 bits per heavy atom. The number of piperidine rings is 1. The Hall–Kier alpha value is -2.99. The molecular weight excluding hydrogens is 350 g/mol. The number of aromatic nitrogens is 3. The van der Waals surface area contributed by atoms with Gasteiger partial charge >= 0.3 is 0 Å². The molecule has 5 rings (SSSR count). The van der Waals surface area contributed by atoms with Crippen LogP contribution >= 0.6 is 0 Å². The van der Waals surface area contributed by atoms with Crippen LogP contribution in [0.5, 0.6) is 0 Å². The molecule has 0 bridgehead atoms. The maximum atomic E-state index is 12.8. The van der Waals surface area contributed by atoms with Gasteiger partial charge in [0.2, 0.25) is 0 Å². The molecular formula is C22H23N5O. The van der Waals surface area contributed by atoms with Crippen molar-refractivity contribution < 1.29 is 4.79 Å². The molecule has 0 aromatic carbocycles. The number of imidazole rings is 1. The molecule has 0 radical (unpaired) electrons. The van der Waals surface area contributed by atoms with Crippen LogP contribution in [-0.2, 0) is 6.42 Å². The molecule has 1 N–H and O–H groups in total. The van der Waals surface area contributed by atoms with Gasteiger partial charge in [0.15, 0.2) is 0 Å². The summed E-state index contributed by atoms with van der Waals surface area (Å²) in [6.45, 7) is 2.05. The lowest BCUT2D eigenvalue weighted by Crippen LogP contribution is -2.43. The van der Waals surface area contributed by atoms with Crippen LogP contribution in [0.3, 0.4) is 0 Å². The van der Waals surface area contributed by atoms with E-state index in [1.807, 2.05) is 22.7 Å². The van der Waals surface area contributed by atoms with Gasteiger partial charge in [0.1, 0.15) is 5.65 Å². The van der Waals surface area contributed by atoms with Gasteiger partial charge in [0.25, 0.3) is 5.91 Å². The highest BCUT2D eigenvalue weighted by Gasteiger charge is 2.22. The largest absolute Gasteiger partial charge is 0.349 e. The number of rotatable bonds is 3. The van der Waals surface area contributed by atoms with E-state index in [2.05, 4.69) is 45.6 Å². The number of hydrogen-bond acceptors (Lipinski definition) is 4. The minimum atomic E-state index is -0.0267. The molecule has 3 aromatic heterocycles. The van der Waals surface area contributed by atoms with Crippen LogP contribution < -0.4 is 5.32 Å². The van der Waals surface area contributed by atoms with Crippen LogP contribution in [0.1, 0.15) is 40.0 Å². The monoisotopic (exact) mass is 373 g/mol. The van der Waals surface area contributed by atoms with E-state index in [4.69, 9.17) is 0 Å². The third-order valence-corrected chi connectivity index (χ3v) is 5.78. The quantitative estimate of drug-likeness (QED) is 0.766. The lowest BCUT2D eigenvalue weighted by Gasteiger charge is -2.29. The van der Waals surface area contributed by atoms with Gasteiger partial charge in [-0.25, -0.2) is 4.98 Å². The molecule has 0 unspecified atom stereocenters. The van der Waals surface area contributed by atoms with E-state index in [9.17, 15) is 4.79 Å². The second kappa shape index (κ2) is 6.87. The molecule has 28 heavy (non-hydrogen) atoms. The van der Waals surface area contributed by atoms with Crippen LogP contribution in [0.4, 0.5) is 0 Å². The van der Waals surface area contributed by atoms with Gasteiger partial charge < -0.3 is 14.6 Å². The molecule has 0 spiro atoms. The van der Waals surface area contributed by atoms with Crippen molar-refractivity contribution in [3.05, 3.63) is 71.4 Å². The fraction of sp³-hybridized carbons (Fsp3) is 0.318. The first-order valence-electron chi connectivity index (χ1n) is 9.79. The Morgan fingerprint density at radius 2 is 2.07 bits per heavy atom. The van der Waals surface area contributed by atoms with E-state index in [0.717, 1.165) is 60.4 Å². The van der Waals surface area contributed by atoms with E-state index in [-0.39, 0.29) is 11.9 Å². The molecule has 0 saturated carbocycles. The number of hydrogen-bond donors (Lipinski definition) is 1. The summed E-state index contributed by atoms with van der Waals surface area (Å²) in [7, 11) is 2.12. The molecule has 1 fully saturated rings. The number of allylic oxidation sites excluding steroid dienone is 1. The summed E-state index contributed by atoms with van der Waals surface area (Å²) in [6.07, 6.45) is 12.5. The van der Waals surface area contributed by atoms with Gasteiger partial charge in [-0.15, -0.1) is 0 Å². The van der Waals surface area contributed by atoms with Crippen molar-refractivity contribution in [2.75, 3.05) is 20.1 Å². The molecule has 1 aliphatic heterocycles. The molecule has 3 aromatic rings. The first-order valence-corrected chi connectivity index (χ1v) is 9.79. The Kier molecular flexibility index (Phi) is 4.20.